The van der Waals surface area contributed by atoms with Crippen LogP contribution in [0.4, 0.5) is 0 Å². The molecule has 130 valence electrons. The fraction of sp³-hybridized carbons (Fsp3) is 0.190. The van der Waals surface area contributed by atoms with Gasteiger partial charge in [0.05, 0.1) is 6.04 Å². The molecule has 4 aromatic rings. The summed E-state index contributed by atoms with van der Waals surface area (Å²) >= 11 is 1.74. The smallest absolute Gasteiger partial charge is 0.321 e. The van der Waals surface area contributed by atoms with Crippen molar-refractivity contribution in [3.63, 3.8) is 0 Å². The van der Waals surface area contributed by atoms with Crippen molar-refractivity contribution < 1.29 is 9.90 Å². The second-order valence-electron chi connectivity index (χ2n) is 6.84. The third-order valence-electron chi connectivity index (χ3n) is 5.35. The molecule has 0 bridgehead atoms. The summed E-state index contributed by atoms with van der Waals surface area (Å²) in [6, 6.07) is 15.8. The van der Waals surface area contributed by atoms with E-state index in [0.29, 0.717) is 6.42 Å². The van der Waals surface area contributed by atoms with Crippen molar-refractivity contribution >= 4 is 38.3 Å². The third kappa shape index (κ3) is 2.21. The normalized spacial score (nSPS) is 19.7. The van der Waals surface area contributed by atoms with Gasteiger partial charge < -0.3 is 10.1 Å². The SMILES string of the molecule is Cc1c([C@H]2N[C@H](C(=O)O)Cc3c2[nH]c2ccccc32)sc2ccccc12. The Kier molecular flexibility index (Phi) is 3.42. The van der Waals surface area contributed by atoms with Crippen LogP contribution in [0.1, 0.15) is 27.7 Å². The quantitative estimate of drug-likeness (QED) is 0.496. The lowest BCUT2D eigenvalue weighted by atomic mass is 9.92. The molecule has 2 atom stereocenters. The number of fused-ring (bicyclic) bond motifs is 4. The Morgan fingerprint density at radius 3 is 2.62 bits per heavy atom. The summed E-state index contributed by atoms with van der Waals surface area (Å²) in [5.74, 6) is -0.801. The summed E-state index contributed by atoms with van der Waals surface area (Å²) in [6.07, 6.45) is 0.495. The maximum absolute atomic E-state index is 11.8. The van der Waals surface area contributed by atoms with E-state index in [-0.39, 0.29) is 6.04 Å². The van der Waals surface area contributed by atoms with Crippen LogP contribution < -0.4 is 5.32 Å². The molecular formula is C21H18N2O2S. The number of aromatic amines is 1. The number of para-hydroxylation sites is 1. The molecule has 1 aliphatic rings. The Labute approximate surface area is 154 Å². The van der Waals surface area contributed by atoms with Gasteiger partial charge in [0.2, 0.25) is 0 Å². The maximum Gasteiger partial charge on any atom is 0.321 e. The van der Waals surface area contributed by atoms with Crippen LogP contribution in [0, 0.1) is 6.92 Å². The molecule has 3 heterocycles. The standard InChI is InChI=1S/C21H18N2O2S/c1-11-12-6-3-5-9-17(12)26-20(11)19-18-14(10-16(23-19)21(24)25)13-7-2-4-8-15(13)22-18/h2-9,16,19,22-23H,10H2,1H3,(H,24,25)/t16-,19-/m0/s1. The molecule has 2 aromatic heterocycles. The van der Waals surface area contributed by atoms with Crippen LogP contribution in [0.3, 0.4) is 0 Å². The minimum Gasteiger partial charge on any atom is -0.480 e. The third-order valence-corrected chi connectivity index (χ3v) is 6.69. The van der Waals surface area contributed by atoms with Gasteiger partial charge in [-0.2, -0.15) is 0 Å². The highest BCUT2D eigenvalue weighted by molar-refractivity contribution is 7.19. The van der Waals surface area contributed by atoms with E-state index < -0.39 is 12.0 Å². The Morgan fingerprint density at radius 1 is 1.12 bits per heavy atom. The molecule has 0 aliphatic carbocycles. The largest absolute Gasteiger partial charge is 0.480 e. The molecule has 0 saturated heterocycles. The van der Waals surface area contributed by atoms with Crippen LogP contribution in [0.5, 0.6) is 0 Å². The minimum absolute atomic E-state index is 0.135. The maximum atomic E-state index is 11.8. The molecule has 5 heteroatoms. The number of carboxylic acid groups (broad SMARTS) is 1. The average Bonchev–Trinajstić information content (AvgIpc) is 3.19. The summed E-state index contributed by atoms with van der Waals surface area (Å²) < 4.78 is 1.23. The number of carbonyl (C=O) groups is 1. The van der Waals surface area contributed by atoms with Gasteiger partial charge in [0, 0.05) is 32.6 Å². The molecule has 3 N–H and O–H groups in total. The lowest BCUT2D eigenvalue weighted by Gasteiger charge is -2.29. The van der Waals surface area contributed by atoms with E-state index in [4.69, 9.17) is 0 Å². The van der Waals surface area contributed by atoms with Crippen molar-refractivity contribution in [2.75, 3.05) is 0 Å². The molecular weight excluding hydrogens is 344 g/mol. The first kappa shape index (κ1) is 15.6. The predicted molar refractivity (Wildman–Crippen MR) is 105 cm³/mol. The molecule has 2 aromatic carbocycles. The number of rotatable bonds is 2. The minimum atomic E-state index is -0.801. The van der Waals surface area contributed by atoms with Gasteiger partial charge in [-0.1, -0.05) is 36.4 Å². The van der Waals surface area contributed by atoms with E-state index in [0.717, 1.165) is 22.2 Å². The van der Waals surface area contributed by atoms with E-state index >= 15 is 0 Å². The van der Waals surface area contributed by atoms with Crippen LogP contribution in [-0.2, 0) is 11.2 Å². The predicted octanol–water partition coefficient (Wildman–Crippen LogP) is 4.38. The number of hydrogen-bond acceptors (Lipinski definition) is 3. The first-order valence-corrected chi connectivity index (χ1v) is 9.51. The van der Waals surface area contributed by atoms with E-state index in [2.05, 4.69) is 47.6 Å². The van der Waals surface area contributed by atoms with Gasteiger partial charge >= 0.3 is 5.97 Å². The number of aliphatic carboxylic acids is 1. The van der Waals surface area contributed by atoms with E-state index in [1.54, 1.807) is 11.3 Å². The van der Waals surface area contributed by atoms with Crippen molar-refractivity contribution in [3.05, 3.63) is 70.2 Å². The zero-order chi connectivity index (χ0) is 17.8. The Morgan fingerprint density at radius 2 is 1.85 bits per heavy atom. The van der Waals surface area contributed by atoms with Gasteiger partial charge in [-0.25, -0.2) is 0 Å². The first-order valence-electron chi connectivity index (χ1n) is 8.70. The fourth-order valence-electron chi connectivity index (χ4n) is 4.07. The van der Waals surface area contributed by atoms with Gasteiger partial charge in [-0.15, -0.1) is 11.3 Å². The highest BCUT2D eigenvalue weighted by Gasteiger charge is 2.35. The number of nitrogens with one attached hydrogen (secondary N) is 2. The van der Waals surface area contributed by atoms with Gasteiger partial charge in [-0.3, -0.25) is 10.1 Å². The van der Waals surface area contributed by atoms with Crippen molar-refractivity contribution in [2.45, 2.75) is 25.4 Å². The van der Waals surface area contributed by atoms with Gasteiger partial charge in [0.1, 0.15) is 6.04 Å². The highest BCUT2D eigenvalue weighted by Crippen LogP contribution is 2.41. The van der Waals surface area contributed by atoms with Crippen molar-refractivity contribution in [2.24, 2.45) is 0 Å². The second-order valence-corrected chi connectivity index (χ2v) is 7.93. The summed E-state index contributed by atoms with van der Waals surface area (Å²) in [4.78, 5) is 16.5. The van der Waals surface area contributed by atoms with Crippen LogP contribution in [0.2, 0.25) is 0 Å². The topological polar surface area (TPSA) is 65.1 Å². The van der Waals surface area contributed by atoms with Gasteiger partial charge in [0.25, 0.3) is 0 Å². The van der Waals surface area contributed by atoms with Gasteiger partial charge in [-0.05, 0) is 35.6 Å². The van der Waals surface area contributed by atoms with Gasteiger partial charge in [0.15, 0.2) is 0 Å². The molecule has 0 spiro atoms. The number of aryl methyl sites for hydroxylation is 1. The summed E-state index contributed by atoms with van der Waals surface area (Å²) in [6.45, 7) is 2.13. The van der Waals surface area contributed by atoms with E-state index in [1.807, 2.05) is 18.2 Å². The zero-order valence-electron chi connectivity index (χ0n) is 14.2. The number of aromatic nitrogens is 1. The molecule has 26 heavy (non-hydrogen) atoms. The van der Waals surface area contributed by atoms with Crippen molar-refractivity contribution in [1.29, 1.82) is 0 Å². The monoisotopic (exact) mass is 362 g/mol. The summed E-state index contributed by atoms with van der Waals surface area (Å²) in [5.41, 5.74) is 4.50. The molecule has 0 amide bonds. The molecule has 4 nitrogen and oxygen atoms in total. The average molecular weight is 362 g/mol. The van der Waals surface area contributed by atoms with Crippen LogP contribution >= 0.6 is 11.3 Å². The molecule has 0 unspecified atom stereocenters. The van der Waals surface area contributed by atoms with Crippen molar-refractivity contribution in [3.8, 4) is 0 Å². The molecule has 0 saturated carbocycles. The van der Waals surface area contributed by atoms with Crippen LogP contribution in [0.25, 0.3) is 21.0 Å². The highest BCUT2D eigenvalue weighted by atomic mass is 32.1. The fourth-order valence-corrected chi connectivity index (χ4v) is 5.35. The summed E-state index contributed by atoms with van der Waals surface area (Å²) in [5, 5.41) is 15.4. The lowest BCUT2D eigenvalue weighted by molar-refractivity contribution is -0.139. The van der Waals surface area contributed by atoms with Crippen molar-refractivity contribution in [1.82, 2.24) is 10.3 Å². The van der Waals surface area contributed by atoms with E-state index in [9.17, 15) is 9.90 Å². The Bertz CT molecular complexity index is 1160. The first-order chi connectivity index (χ1) is 12.6. The Hall–Kier alpha value is -2.63. The van der Waals surface area contributed by atoms with Crippen LogP contribution in [0.15, 0.2) is 48.5 Å². The number of thiophene rings is 1. The number of H-pyrrole nitrogens is 1. The second kappa shape index (κ2) is 5.69. The molecule has 5 rings (SSSR count). The number of hydrogen-bond donors (Lipinski definition) is 3. The Balaban J connectivity index is 1.75. The molecule has 1 aliphatic heterocycles. The number of carboxylic acids is 1. The van der Waals surface area contributed by atoms with Crippen LogP contribution in [-0.4, -0.2) is 22.1 Å². The lowest BCUT2D eigenvalue weighted by Crippen LogP contribution is -2.44. The molecule has 0 radical (unpaired) electrons. The zero-order valence-corrected chi connectivity index (χ0v) is 15.1. The summed E-state index contributed by atoms with van der Waals surface area (Å²) in [7, 11) is 0. The molecule has 0 fully saturated rings. The van der Waals surface area contributed by atoms with E-state index in [1.165, 1.54) is 20.5 Å². The number of benzene rings is 2.